The first-order valence-corrected chi connectivity index (χ1v) is 9.08. The Bertz CT molecular complexity index is 1130. The van der Waals surface area contributed by atoms with Crippen LogP contribution in [0.5, 0.6) is 0 Å². The van der Waals surface area contributed by atoms with Gasteiger partial charge in [0, 0.05) is 36.8 Å². The lowest BCUT2D eigenvalue weighted by atomic mass is 10.1. The maximum atomic E-state index is 13.3. The SMILES string of the molecule is Cn1cc(-c2ccc(C(=O)Nc3ncc(Cc4cc(F)cc(F)c4)s3)o2)cn1. The quantitative estimate of drug-likeness (QED) is 0.543. The third-order valence-corrected chi connectivity index (χ3v) is 4.81. The van der Waals surface area contributed by atoms with Gasteiger partial charge in [0.25, 0.3) is 5.91 Å². The summed E-state index contributed by atoms with van der Waals surface area (Å²) in [7, 11) is 1.79. The van der Waals surface area contributed by atoms with Crippen LogP contribution in [-0.4, -0.2) is 20.7 Å². The Morgan fingerprint density at radius 2 is 2.00 bits per heavy atom. The second kappa shape index (κ2) is 7.35. The van der Waals surface area contributed by atoms with E-state index >= 15 is 0 Å². The zero-order valence-electron chi connectivity index (χ0n) is 14.6. The third kappa shape index (κ3) is 3.99. The maximum Gasteiger partial charge on any atom is 0.293 e. The number of anilines is 1. The van der Waals surface area contributed by atoms with E-state index in [2.05, 4.69) is 15.4 Å². The molecule has 4 rings (SSSR count). The van der Waals surface area contributed by atoms with Crippen molar-refractivity contribution >= 4 is 22.4 Å². The highest BCUT2D eigenvalue weighted by molar-refractivity contribution is 7.15. The van der Waals surface area contributed by atoms with Crippen molar-refractivity contribution < 1.29 is 18.0 Å². The van der Waals surface area contributed by atoms with Crippen LogP contribution < -0.4 is 5.32 Å². The van der Waals surface area contributed by atoms with E-state index < -0.39 is 17.5 Å². The Morgan fingerprint density at radius 3 is 2.71 bits per heavy atom. The number of halogens is 2. The highest BCUT2D eigenvalue weighted by atomic mass is 32.1. The average Bonchev–Trinajstić information content (AvgIpc) is 3.34. The first kappa shape index (κ1) is 18.1. The summed E-state index contributed by atoms with van der Waals surface area (Å²) in [6.45, 7) is 0. The number of rotatable bonds is 5. The number of carbonyl (C=O) groups excluding carboxylic acids is 1. The molecule has 9 heteroatoms. The van der Waals surface area contributed by atoms with Gasteiger partial charge in [-0.3, -0.25) is 14.8 Å². The molecule has 3 heterocycles. The molecule has 0 bridgehead atoms. The van der Waals surface area contributed by atoms with E-state index in [9.17, 15) is 13.6 Å². The van der Waals surface area contributed by atoms with Crippen LogP contribution in [0.25, 0.3) is 11.3 Å². The molecule has 6 nitrogen and oxygen atoms in total. The first-order valence-electron chi connectivity index (χ1n) is 8.26. The molecule has 0 aliphatic rings. The third-order valence-electron chi connectivity index (χ3n) is 3.89. The summed E-state index contributed by atoms with van der Waals surface area (Å²) in [6.07, 6.45) is 5.30. The maximum absolute atomic E-state index is 13.3. The number of nitrogens with zero attached hydrogens (tertiary/aromatic N) is 3. The van der Waals surface area contributed by atoms with Crippen LogP contribution in [0.2, 0.25) is 0 Å². The Morgan fingerprint density at radius 1 is 1.21 bits per heavy atom. The molecular weight excluding hydrogens is 386 g/mol. The highest BCUT2D eigenvalue weighted by Gasteiger charge is 2.15. The number of aryl methyl sites for hydroxylation is 1. The molecule has 0 spiro atoms. The summed E-state index contributed by atoms with van der Waals surface area (Å²) in [5, 5.41) is 7.10. The summed E-state index contributed by atoms with van der Waals surface area (Å²) < 4.78 is 33.8. The molecule has 0 saturated heterocycles. The lowest BCUT2D eigenvalue weighted by Gasteiger charge is -2.00. The summed E-state index contributed by atoms with van der Waals surface area (Å²) >= 11 is 1.23. The lowest BCUT2D eigenvalue weighted by Crippen LogP contribution is -2.10. The monoisotopic (exact) mass is 400 g/mol. The number of amides is 1. The average molecular weight is 400 g/mol. The molecule has 0 saturated carbocycles. The van der Waals surface area contributed by atoms with E-state index in [1.54, 1.807) is 42.5 Å². The molecule has 1 N–H and O–H groups in total. The molecular formula is C19H14F2N4O2S. The zero-order valence-corrected chi connectivity index (χ0v) is 15.5. The predicted octanol–water partition coefficient (Wildman–Crippen LogP) is 4.26. The van der Waals surface area contributed by atoms with Crippen LogP contribution >= 0.6 is 11.3 Å². The lowest BCUT2D eigenvalue weighted by molar-refractivity contribution is 0.0997. The number of carbonyl (C=O) groups is 1. The Balaban J connectivity index is 1.43. The fourth-order valence-electron chi connectivity index (χ4n) is 2.68. The molecule has 1 aromatic carbocycles. The van der Waals surface area contributed by atoms with Crippen molar-refractivity contribution in [2.24, 2.45) is 7.05 Å². The number of hydrogen-bond acceptors (Lipinski definition) is 5. The summed E-state index contributed by atoms with van der Waals surface area (Å²) in [4.78, 5) is 17.3. The van der Waals surface area contributed by atoms with Gasteiger partial charge < -0.3 is 4.42 Å². The van der Waals surface area contributed by atoms with Gasteiger partial charge in [-0.15, -0.1) is 11.3 Å². The molecule has 0 radical (unpaired) electrons. The number of hydrogen-bond donors (Lipinski definition) is 1. The van der Waals surface area contributed by atoms with Crippen LogP contribution in [0, 0.1) is 11.6 Å². The Hall–Kier alpha value is -3.33. The van der Waals surface area contributed by atoms with E-state index in [0.717, 1.165) is 16.5 Å². The van der Waals surface area contributed by atoms with E-state index in [0.29, 0.717) is 22.9 Å². The van der Waals surface area contributed by atoms with Gasteiger partial charge in [-0.2, -0.15) is 5.10 Å². The zero-order chi connectivity index (χ0) is 19.7. The molecule has 3 aromatic heterocycles. The Kier molecular flexibility index (Phi) is 4.74. The van der Waals surface area contributed by atoms with Crippen LogP contribution in [0.1, 0.15) is 21.0 Å². The first-order chi connectivity index (χ1) is 13.5. The topological polar surface area (TPSA) is 73.0 Å². The molecule has 28 heavy (non-hydrogen) atoms. The highest BCUT2D eigenvalue weighted by Crippen LogP contribution is 2.25. The van der Waals surface area contributed by atoms with Gasteiger partial charge in [-0.1, -0.05) is 0 Å². The fraction of sp³-hybridized carbons (Fsp3) is 0.105. The number of aromatic nitrogens is 3. The predicted molar refractivity (Wildman–Crippen MR) is 100 cm³/mol. The molecule has 0 unspecified atom stereocenters. The van der Waals surface area contributed by atoms with Gasteiger partial charge in [0.15, 0.2) is 10.9 Å². The van der Waals surface area contributed by atoms with Gasteiger partial charge in [0.1, 0.15) is 17.4 Å². The van der Waals surface area contributed by atoms with Crippen LogP contribution in [0.4, 0.5) is 13.9 Å². The molecule has 0 aliphatic heterocycles. The number of nitrogens with one attached hydrogen (secondary N) is 1. The van der Waals surface area contributed by atoms with Gasteiger partial charge >= 0.3 is 0 Å². The van der Waals surface area contributed by atoms with Crippen molar-refractivity contribution in [2.45, 2.75) is 6.42 Å². The van der Waals surface area contributed by atoms with Crippen molar-refractivity contribution in [2.75, 3.05) is 5.32 Å². The number of thiazole rings is 1. The molecule has 142 valence electrons. The van der Waals surface area contributed by atoms with Crippen molar-refractivity contribution in [3.8, 4) is 11.3 Å². The van der Waals surface area contributed by atoms with Gasteiger partial charge in [0.05, 0.1) is 11.8 Å². The van der Waals surface area contributed by atoms with Crippen molar-refractivity contribution in [1.82, 2.24) is 14.8 Å². The van der Waals surface area contributed by atoms with Gasteiger partial charge in [0.2, 0.25) is 0 Å². The van der Waals surface area contributed by atoms with Crippen LogP contribution in [0.3, 0.4) is 0 Å². The van der Waals surface area contributed by atoms with Crippen molar-refractivity contribution in [3.05, 3.63) is 76.8 Å². The van der Waals surface area contributed by atoms with Gasteiger partial charge in [-0.05, 0) is 29.8 Å². The van der Waals surface area contributed by atoms with E-state index in [1.165, 1.54) is 23.5 Å². The summed E-state index contributed by atoms with van der Waals surface area (Å²) in [6, 6.07) is 6.62. The standard InChI is InChI=1S/C19H14F2N4O2S/c1-25-10-12(8-23-25)16-2-3-17(27-16)18(26)24-19-22-9-15(28-19)6-11-4-13(20)7-14(21)5-11/h2-5,7-10H,6H2,1H3,(H,22,24,26). The molecule has 1 amide bonds. The summed E-state index contributed by atoms with van der Waals surface area (Å²) in [5.41, 5.74) is 1.26. The second-order valence-electron chi connectivity index (χ2n) is 6.11. The Labute approximate surface area is 162 Å². The normalized spacial score (nSPS) is 11.0. The molecule has 0 atom stereocenters. The van der Waals surface area contributed by atoms with E-state index in [4.69, 9.17) is 4.42 Å². The van der Waals surface area contributed by atoms with Crippen molar-refractivity contribution in [1.29, 1.82) is 0 Å². The van der Waals surface area contributed by atoms with Crippen LogP contribution in [0.15, 0.2) is 53.3 Å². The summed E-state index contributed by atoms with van der Waals surface area (Å²) in [5.74, 6) is -1.02. The number of furan rings is 1. The van der Waals surface area contributed by atoms with E-state index in [1.807, 2.05) is 0 Å². The minimum absolute atomic E-state index is 0.141. The molecule has 0 fully saturated rings. The molecule has 0 aliphatic carbocycles. The second-order valence-corrected chi connectivity index (χ2v) is 7.22. The minimum atomic E-state index is -0.629. The number of benzene rings is 1. The van der Waals surface area contributed by atoms with Gasteiger partial charge in [-0.25, -0.2) is 13.8 Å². The minimum Gasteiger partial charge on any atom is -0.451 e. The van der Waals surface area contributed by atoms with Crippen LogP contribution in [-0.2, 0) is 13.5 Å². The van der Waals surface area contributed by atoms with Crippen molar-refractivity contribution in [3.63, 3.8) is 0 Å². The largest absolute Gasteiger partial charge is 0.451 e. The van der Waals surface area contributed by atoms with E-state index in [-0.39, 0.29) is 5.76 Å². The fourth-order valence-corrected chi connectivity index (χ4v) is 3.53. The smallest absolute Gasteiger partial charge is 0.293 e. The molecule has 4 aromatic rings.